The number of carbonyl (C=O) groups excluding carboxylic acids is 1. The van der Waals surface area contributed by atoms with Crippen molar-refractivity contribution >= 4 is 23.1 Å². The highest BCUT2D eigenvalue weighted by Crippen LogP contribution is 2.26. The summed E-state index contributed by atoms with van der Waals surface area (Å²) in [4.78, 5) is 45.3. The number of nitrogens with two attached hydrogens (primary N) is 1. The van der Waals surface area contributed by atoms with Gasteiger partial charge >= 0.3 is 5.69 Å². The number of aromatic hydroxyl groups is 1. The summed E-state index contributed by atoms with van der Waals surface area (Å²) in [5.74, 6) is -0.0256. The molecule has 0 spiro atoms. The first-order valence-corrected chi connectivity index (χ1v) is 11.7. The van der Waals surface area contributed by atoms with Crippen molar-refractivity contribution in [2.75, 3.05) is 54.8 Å². The van der Waals surface area contributed by atoms with Crippen molar-refractivity contribution in [2.24, 2.45) is 0 Å². The fourth-order valence-electron chi connectivity index (χ4n) is 4.50. The number of carbonyl (C=O) groups is 1. The highest BCUT2D eigenvalue weighted by molar-refractivity contribution is 5.96. The standard InChI is InChI=1S/C25H30N6O4/c1-2-30(21(33)17-28-12-14-29(15-13-28)19-10-6-7-11-20(19)32)22-23(26)31(25(35)27-24(22)34)16-18-8-4-3-5-9-18/h3-11,32H,2,12-17,26H2,1H3,(H,27,34,35)/p+1. The number of aromatic amines is 1. The summed E-state index contributed by atoms with van der Waals surface area (Å²) in [5, 5.41) is 10.1. The van der Waals surface area contributed by atoms with Gasteiger partial charge in [0.05, 0.1) is 38.4 Å². The molecule has 5 N–H and O–H groups in total. The molecule has 10 heteroatoms. The number of H-pyrrole nitrogens is 1. The summed E-state index contributed by atoms with van der Waals surface area (Å²) < 4.78 is 1.28. The molecular weight excluding hydrogens is 448 g/mol. The highest BCUT2D eigenvalue weighted by atomic mass is 16.3. The molecule has 10 nitrogen and oxygen atoms in total. The maximum atomic E-state index is 13.3. The van der Waals surface area contributed by atoms with Gasteiger partial charge in [-0.3, -0.25) is 24.0 Å². The number of benzene rings is 2. The third-order valence-corrected chi connectivity index (χ3v) is 6.38. The van der Waals surface area contributed by atoms with Gasteiger partial charge in [-0.25, -0.2) is 4.79 Å². The Balaban J connectivity index is 1.49. The molecule has 35 heavy (non-hydrogen) atoms. The van der Waals surface area contributed by atoms with Gasteiger partial charge in [0.1, 0.15) is 11.6 Å². The van der Waals surface area contributed by atoms with Gasteiger partial charge in [-0.1, -0.05) is 42.5 Å². The van der Waals surface area contributed by atoms with Gasteiger partial charge in [0.2, 0.25) is 0 Å². The van der Waals surface area contributed by atoms with E-state index in [1.165, 1.54) is 9.47 Å². The van der Waals surface area contributed by atoms with Crippen molar-refractivity contribution in [1.29, 1.82) is 0 Å². The minimum absolute atomic E-state index is 0.000255. The first-order chi connectivity index (χ1) is 16.9. The number of nitrogens with zero attached hydrogens (tertiary/aromatic N) is 3. The summed E-state index contributed by atoms with van der Waals surface area (Å²) in [5.41, 5.74) is 6.63. The number of quaternary nitrogens is 1. The predicted molar refractivity (Wildman–Crippen MR) is 135 cm³/mol. The van der Waals surface area contributed by atoms with E-state index in [-0.39, 0.29) is 42.8 Å². The van der Waals surface area contributed by atoms with E-state index in [0.717, 1.165) is 16.2 Å². The number of nitrogens with one attached hydrogen (secondary N) is 2. The number of para-hydroxylation sites is 2. The zero-order valence-corrected chi connectivity index (χ0v) is 19.7. The Labute approximate surface area is 202 Å². The number of hydrogen-bond acceptors (Lipinski definition) is 6. The van der Waals surface area contributed by atoms with E-state index in [9.17, 15) is 19.5 Å². The number of likely N-dealkylation sites (N-methyl/N-ethyl adjacent to an activating group) is 1. The number of phenols is 1. The third kappa shape index (κ3) is 5.22. The monoisotopic (exact) mass is 479 g/mol. The molecule has 0 unspecified atom stereocenters. The Kier molecular flexibility index (Phi) is 7.21. The lowest BCUT2D eigenvalue weighted by molar-refractivity contribution is -0.892. The molecule has 1 fully saturated rings. The number of aromatic nitrogens is 2. The molecule has 0 radical (unpaired) electrons. The van der Waals surface area contributed by atoms with Crippen LogP contribution in [0.1, 0.15) is 12.5 Å². The second-order valence-electron chi connectivity index (χ2n) is 8.61. The fraction of sp³-hybridized carbons (Fsp3) is 0.320. The quantitative estimate of drug-likeness (QED) is 0.366. The van der Waals surface area contributed by atoms with Crippen LogP contribution in [0.4, 0.5) is 17.2 Å². The zero-order chi connectivity index (χ0) is 24.9. The normalized spacial score (nSPS) is 14.1. The molecule has 184 valence electrons. The van der Waals surface area contributed by atoms with Crippen LogP contribution in [0.15, 0.2) is 64.2 Å². The van der Waals surface area contributed by atoms with Crippen molar-refractivity contribution in [1.82, 2.24) is 9.55 Å². The molecule has 2 heterocycles. The molecule has 1 aromatic heterocycles. The molecule has 1 amide bonds. The number of rotatable bonds is 7. The number of phenolic OH excluding ortho intramolecular Hbond substituents is 1. The van der Waals surface area contributed by atoms with E-state index < -0.39 is 11.2 Å². The number of nitrogen functional groups attached to an aromatic ring is 1. The smallest absolute Gasteiger partial charge is 0.330 e. The van der Waals surface area contributed by atoms with Crippen LogP contribution in [0.3, 0.4) is 0 Å². The number of hydrogen-bond donors (Lipinski definition) is 4. The second kappa shape index (κ2) is 10.5. The van der Waals surface area contributed by atoms with Gasteiger partial charge in [-0.05, 0) is 24.6 Å². The summed E-state index contributed by atoms with van der Waals surface area (Å²) in [6.45, 7) is 5.18. The van der Waals surface area contributed by atoms with Crippen molar-refractivity contribution in [2.45, 2.75) is 13.5 Å². The first kappa shape index (κ1) is 24.1. The Bertz CT molecular complexity index is 1300. The minimum Gasteiger partial charge on any atom is -0.506 e. The Morgan fingerprint density at radius 3 is 2.40 bits per heavy atom. The number of amides is 1. The van der Waals surface area contributed by atoms with Crippen molar-refractivity contribution in [3.05, 3.63) is 81.0 Å². The van der Waals surface area contributed by atoms with Crippen molar-refractivity contribution in [3.63, 3.8) is 0 Å². The lowest BCUT2D eigenvalue weighted by atomic mass is 10.2. The summed E-state index contributed by atoms with van der Waals surface area (Å²) in [6.07, 6.45) is 0. The zero-order valence-electron chi connectivity index (χ0n) is 19.7. The molecular formula is C25H31N6O4+. The van der Waals surface area contributed by atoms with Crippen LogP contribution in [-0.4, -0.2) is 59.8 Å². The van der Waals surface area contributed by atoms with Crippen molar-refractivity contribution < 1.29 is 14.8 Å². The van der Waals surface area contributed by atoms with Crippen LogP contribution in [0.5, 0.6) is 5.75 Å². The van der Waals surface area contributed by atoms with Gasteiger partial charge < -0.3 is 20.6 Å². The van der Waals surface area contributed by atoms with E-state index >= 15 is 0 Å². The van der Waals surface area contributed by atoms with Crippen LogP contribution < -0.4 is 31.7 Å². The van der Waals surface area contributed by atoms with Crippen LogP contribution in [0, 0.1) is 0 Å². The molecule has 0 atom stereocenters. The minimum atomic E-state index is -0.675. The van der Waals surface area contributed by atoms with E-state index in [0.29, 0.717) is 26.2 Å². The average Bonchev–Trinajstić information content (AvgIpc) is 2.86. The Morgan fingerprint density at radius 1 is 1.09 bits per heavy atom. The van der Waals surface area contributed by atoms with Gasteiger partial charge in [-0.2, -0.15) is 0 Å². The summed E-state index contributed by atoms with van der Waals surface area (Å²) >= 11 is 0. The molecule has 1 aliphatic heterocycles. The van der Waals surface area contributed by atoms with Crippen LogP contribution in [0.2, 0.25) is 0 Å². The SMILES string of the molecule is CCN(C(=O)C[NH+]1CCN(c2ccccc2O)CC1)c1c(N)n(Cc2ccccc2)c(=O)[nH]c1=O. The largest absolute Gasteiger partial charge is 0.506 e. The van der Waals surface area contributed by atoms with Crippen LogP contribution in [0.25, 0.3) is 0 Å². The fourth-order valence-corrected chi connectivity index (χ4v) is 4.50. The topological polar surface area (TPSA) is 129 Å². The lowest BCUT2D eigenvalue weighted by Crippen LogP contribution is -3.16. The van der Waals surface area contributed by atoms with E-state index in [1.54, 1.807) is 19.1 Å². The molecule has 0 saturated carbocycles. The molecule has 0 bridgehead atoms. The van der Waals surface area contributed by atoms with Crippen LogP contribution >= 0.6 is 0 Å². The Hall–Kier alpha value is -4.05. The van der Waals surface area contributed by atoms with Gasteiger partial charge in [0.15, 0.2) is 12.2 Å². The van der Waals surface area contributed by atoms with E-state index in [1.807, 2.05) is 42.5 Å². The van der Waals surface area contributed by atoms with Gasteiger partial charge in [0, 0.05) is 6.54 Å². The molecule has 2 aromatic carbocycles. The first-order valence-electron chi connectivity index (χ1n) is 11.7. The number of anilines is 3. The Morgan fingerprint density at radius 2 is 1.74 bits per heavy atom. The number of piperazine rings is 1. The lowest BCUT2D eigenvalue weighted by Gasteiger charge is -2.34. The molecule has 4 rings (SSSR count). The van der Waals surface area contributed by atoms with Crippen LogP contribution in [-0.2, 0) is 11.3 Å². The highest BCUT2D eigenvalue weighted by Gasteiger charge is 2.28. The third-order valence-electron chi connectivity index (χ3n) is 6.38. The van der Waals surface area contributed by atoms with Gasteiger partial charge in [0.25, 0.3) is 11.5 Å². The van der Waals surface area contributed by atoms with Crippen molar-refractivity contribution in [3.8, 4) is 5.75 Å². The summed E-state index contributed by atoms with van der Waals surface area (Å²) in [7, 11) is 0. The van der Waals surface area contributed by atoms with Gasteiger partial charge in [-0.15, -0.1) is 0 Å². The van der Waals surface area contributed by atoms with E-state index in [2.05, 4.69) is 9.88 Å². The predicted octanol–water partition coefficient (Wildman–Crippen LogP) is -0.369. The van der Waals surface area contributed by atoms with E-state index in [4.69, 9.17) is 5.73 Å². The molecule has 3 aromatic rings. The maximum absolute atomic E-state index is 13.3. The average molecular weight is 480 g/mol. The second-order valence-corrected chi connectivity index (χ2v) is 8.61. The summed E-state index contributed by atoms with van der Waals surface area (Å²) in [6, 6.07) is 16.5. The molecule has 1 saturated heterocycles. The maximum Gasteiger partial charge on any atom is 0.330 e. The molecule has 0 aliphatic carbocycles. The molecule has 1 aliphatic rings.